The van der Waals surface area contributed by atoms with Crippen LogP contribution in [0.4, 0.5) is 0 Å². The Morgan fingerprint density at radius 2 is 2.38 bits per heavy atom. The summed E-state index contributed by atoms with van der Waals surface area (Å²) in [5.74, 6) is 5.99. The number of aliphatic hydroxyl groups excluding tert-OH is 1. The van der Waals surface area contributed by atoms with Crippen molar-refractivity contribution in [2.75, 3.05) is 26.4 Å². The number of carbonyl (C=O) groups is 1. The standard InChI is InChI=1S/C17H21NO3/c1-13-11-16(5-4-15(13)3-2-9-19)17(20)18-8-6-14-7-10-21-12-14/h4-5,11,14,19H,6-10,12H2,1H3,(H,18,20). The first-order valence-electron chi connectivity index (χ1n) is 7.27. The molecule has 0 spiro atoms. The van der Waals surface area contributed by atoms with Gasteiger partial charge in [0.25, 0.3) is 5.91 Å². The molecule has 21 heavy (non-hydrogen) atoms. The SMILES string of the molecule is Cc1cc(C(=O)NCCC2CCOC2)ccc1C#CCO. The first-order valence-corrected chi connectivity index (χ1v) is 7.27. The Bertz CT molecular complexity index is 551. The minimum Gasteiger partial charge on any atom is -0.384 e. The topological polar surface area (TPSA) is 58.6 Å². The van der Waals surface area contributed by atoms with Gasteiger partial charge in [-0.2, -0.15) is 0 Å². The van der Waals surface area contributed by atoms with Gasteiger partial charge in [0.05, 0.1) is 0 Å². The number of benzene rings is 1. The van der Waals surface area contributed by atoms with Crippen LogP contribution in [0, 0.1) is 24.7 Å². The molecule has 0 bridgehead atoms. The van der Waals surface area contributed by atoms with Crippen LogP contribution >= 0.6 is 0 Å². The number of aliphatic hydroxyl groups is 1. The summed E-state index contributed by atoms with van der Waals surface area (Å²) in [6.45, 7) is 4.08. The summed E-state index contributed by atoms with van der Waals surface area (Å²) >= 11 is 0. The predicted molar refractivity (Wildman–Crippen MR) is 81.0 cm³/mol. The van der Waals surface area contributed by atoms with Crippen LogP contribution in [0.15, 0.2) is 18.2 Å². The van der Waals surface area contributed by atoms with E-state index in [-0.39, 0.29) is 12.5 Å². The maximum absolute atomic E-state index is 12.1. The van der Waals surface area contributed by atoms with Gasteiger partial charge in [0.15, 0.2) is 0 Å². The molecule has 1 amide bonds. The third-order valence-corrected chi connectivity index (χ3v) is 3.65. The van der Waals surface area contributed by atoms with E-state index in [0.29, 0.717) is 18.0 Å². The van der Waals surface area contributed by atoms with E-state index >= 15 is 0 Å². The molecule has 1 aromatic carbocycles. The summed E-state index contributed by atoms with van der Waals surface area (Å²) in [7, 11) is 0. The van der Waals surface area contributed by atoms with E-state index in [1.807, 2.05) is 19.1 Å². The fourth-order valence-corrected chi connectivity index (χ4v) is 2.38. The Morgan fingerprint density at radius 3 is 3.05 bits per heavy atom. The zero-order chi connectivity index (χ0) is 15.1. The maximum Gasteiger partial charge on any atom is 0.251 e. The lowest BCUT2D eigenvalue weighted by Crippen LogP contribution is -2.26. The average Bonchev–Trinajstić information content (AvgIpc) is 2.99. The van der Waals surface area contributed by atoms with Gasteiger partial charge < -0.3 is 15.2 Å². The number of hydrogen-bond donors (Lipinski definition) is 2. The summed E-state index contributed by atoms with van der Waals surface area (Å²) in [5.41, 5.74) is 2.42. The quantitative estimate of drug-likeness (QED) is 0.825. The van der Waals surface area contributed by atoms with Crippen molar-refractivity contribution in [3.63, 3.8) is 0 Å². The van der Waals surface area contributed by atoms with Crippen LogP contribution in [0.1, 0.15) is 34.3 Å². The predicted octanol–water partition coefficient (Wildman–Crippen LogP) is 1.50. The van der Waals surface area contributed by atoms with Gasteiger partial charge in [-0.3, -0.25) is 4.79 Å². The normalized spacial score (nSPS) is 17.1. The van der Waals surface area contributed by atoms with Gasteiger partial charge >= 0.3 is 0 Å². The molecule has 4 heteroatoms. The van der Waals surface area contributed by atoms with Crippen molar-refractivity contribution in [1.82, 2.24) is 5.32 Å². The van der Waals surface area contributed by atoms with Crippen molar-refractivity contribution in [3.8, 4) is 11.8 Å². The van der Waals surface area contributed by atoms with Gasteiger partial charge in [-0.1, -0.05) is 11.8 Å². The molecule has 0 aliphatic carbocycles. The Labute approximate surface area is 125 Å². The van der Waals surface area contributed by atoms with Crippen LogP contribution in [0.2, 0.25) is 0 Å². The molecule has 0 radical (unpaired) electrons. The molecule has 1 aliphatic rings. The molecular weight excluding hydrogens is 266 g/mol. The molecule has 0 saturated carbocycles. The second-order valence-electron chi connectivity index (χ2n) is 5.26. The molecule has 1 aliphatic heterocycles. The van der Waals surface area contributed by atoms with E-state index < -0.39 is 0 Å². The van der Waals surface area contributed by atoms with Crippen LogP contribution in [0.3, 0.4) is 0 Å². The van der Waals surface area contributed by atoms with Gasteiger partial charge in [-0.25, -0.2) is 0 Å². The second-order valence-corrected chi connectivity index (χ2v) is 5.26. The van der Waals surface area contributed by atoms with E-state index in [2.05, 4.69) is 17.2 Å². The number of nitrogens with one attached hydrogen (secondary N) is 1. The van der Waals surface area contributed by atoms with E-state index in [9.17, 15) is 4.79 Å². The number of aryl methyl sites for hydroxylation is 1. The Kier molecular flexibility index (Phi) is 5.79. The van der Waals surface area contributed by atoms with Gasteiger partial charge in [-0.05, 0) is 49.4 Å². The molecule has 0 aromatic heterocycles. The van der Waals surface area contributed by atoms with Crippen molar-refractivity contribution in [1.29, 1.82) is 0 Å². The minimum atomic E-state index is -0.160. The number of hydrogen-bond acceptors (Lipinski definition) is 3. The highest BCUT2D eigenvalue weighted by Gasteiger charge is 2.15. The first-order chi connectivity index (χ1) is 10.2. The molecule has 1 heterocycles. The monoisotopic (exact) mass is 287 g/mol. The highest BCUT2D eigenvalue weighted by Crippen LogP contribution is 2.15. The molecule has 1 unspecified atom stereocenters. The molecule has 2 N–H and O–H groups in total. The average molecular weight is 287 g/mol. The Hall–Kier alpha value is -1.83. The van der Waals surface area contributed by atoms with Crippen molar-refractivity contribution in [3.05, 3.63) is 34.9 Å². The van der Waals surface area contributed by atoms with E-state index in [4.69, 9.17) is 9.84 Å². The molecule has 1 saturated heterocycles. The summed E-state index contributed by atoms with van der Waals surface area (Å²) in [6, 6.07) is 5.41. The summed E-state index contributed by atoms with van der Waals surface area (Å²) in [4.78, 5) is 12.1. The van der Waals surface area contributed by atoms with Gasteiger partial charge in [0, 0.05) is 30.9 Å². The van der Waals surface area contributed by atoms with Gasteiger partial charge in [0.1, 0.15) is 6.61 Å². The van der Waals surface area contributed by atoms with Crippen molar-refractivity contribution in [2.24, 2.45) is 5.92 Å². The zero-order valence-corrected chi connectivity index (χ0v) is 12.3. The van der Waals surface area contributed by atoms with Crippen molar-refractivity contribution in [2.45, 2.75) is 19.8 Å². The van der Waals surface area contributed by atoms with Gasteiger partial charge in [0.2, 0.25) is 0 Å². The van der Waals surface area contributed by atoms with E-state index in [1.165, 1.54) is 0 Å². The number of rotatable bonds is 4. The van der Waals surface area contributed by atoms with Crippen molar-refractivity contribution < 1.29 is 14.6 Å². The summed E-state index contributed by atoms with van der Waals surface area (Å²) < 4.78 is 5.32. The lowest BCUT2D eigenvalue weighted by atomic mass is 10.0. The lowest BCUT2D eigenvalue weighted by molar-refractivity contribution is 0.0950. The highest BCUT2D eigenvalue weighted by atomic mass is 16.5. The number of carbonyl (C=O) groups excluding carboxylic acids is 1. The molecule has 1 aromatic rings. The molecular formula is C17H21NO3. The van der Waals surface area contributed by atoms with E-state index in [1.54, 1.807) is 6.07 Å². The van der Waals surface area contributed by atoms with Crippen LogP contribution in [0.5, 0.6) is 0 Å². The largest absolute Gasteiger partial charge is 0.384 e. The molecule has 1 fully saturated rings. The van der Waals surface area contributed by atoms with Crippen LogP contribution in [-0.4, -0.2) is 37.4 Å². The van der Waals surface area contributed by atoms with Crippen LogP contribution < -0.4 is 5.32 Å². The molecule has 2 rings (SSSR count). The third-order valence-electron chi connectivity index (χ3n) is 3.65. The highest BCUT2D eigenvalue weighted by molar-refractivity contribution is 5.94. The fraction of sp³-hybridized carbons (Fsp3) is 0.471. The van der Waals surface area contributed by atoms with Crippen LogP contribution in [0.25, 0.3) is 0 Å². The Morgan fingerprint density at radius 1 is 1.52 bits per heavy atom. The smallest absolute Gasteiger partial charge is 0.251 e. The second kappa shape index (κ2) is 7.82. The third kappa shape index (κ3) is 4.59. The summed E-state index contributed by atoms with van der Waals surface area (Å²) in [5, 5.41) is 11.6. The fourth-order valence-electron chi connectivity index (χ4n) is 2.38. The van der Waals surface area contributed by atoms with Crippen LogP contribution in [-0.2, 0) is 4.74 Å². The Balaban J connectivity index is 1.88. The van der Waals surface area contributed by atoms with Gasteiger partial charge in [-0.15, -0.1) is 0 Å². The lowest BCUT2D eigenvalue weighted by Gasteiger charge is -2.09. The summed E-state index contributed by atoms with van der Waals surface area (Å²) in [6.07, 6.45) is 2.05. The number of amides is 1. The molecule has 112 valence electrons. The first kappa shape index (κ1) is 15.6. The molecule has 4 nitrogen and oxygen atoms in total. The minimum absolute atomic E-state index is 0.0568. The van der Waals surface area contributed by atoms with Crippen molar-refractivity contribution >= 4 is 5.91 Å². The maximum atomic E-state index is 12.1. The number of ether oxygens (including phenoxy) is 1. The van der Waals surface area contributed by atoms with E-state index in [0.717, 1.165) is 37.2 Å². The molecule has 1 atom stereocenters. The zero-order valence-electron chi connectivity index (χ0n) is 12.3.